The number of imide groups is 1. The van der Waals surface area contributed by atoms with Crippen LogP contribution in [0.15, 0.2) is 30.4 Å². The van der Waals surface area contributed by atoms with Crippen LogP contribution in [0.25, 0.3) is 0 Å². The molecule has 148 valence electrons. The van der Waals surface area contributed by atoms with Gasteiger partial charge in [0.15, 0.2) is 6.61 Å². The number of allylic oxidation sites excluding steroid dienone is 2. The van der Waals surface area contributed by atoms with Crippen LogP contribution in [0.5, 0.6) is 0 Å². The van der Waals surface area contributed by atoms with E-state index in [9.17, 15) is 19.2 Å². The normalized spacial score (nSPS) is 22.0. The van der Waals surface area contributed by atoms with E-state index >= 15 is 0 Å². The number of esters is 1. The van der Waals surface area contributed by atoms with Gasteiger partial charge in [-0.3, -0.25) is 19.3 Å². The molecule has 1 saturated heterocycles. The maximum Gasteiger partial charge on any atom is 0.329 e. The Bertz CT molecular complexity index is 834. The third-order valence-electron chi connectivity index (χ3n) is 5.49. The summed E-state index contributed by atoms with van der Waals surface area (Å²) in [7, 11) is 0. The topological polar surface area (TPSA) is 92.8 Å². The molecular formula is C21H24N2O5. The van der Waals surface area contributed by atoms with E-state index < -0.39 is 36.4 Å². The fourth-order valence-electron chi connectivity index (χ4n) is 3.64. The lowest BCUT2D eigenvalue weighted by Gasteiger charge is -2.21. The van der Waals surface area contributed by atoms with E-state index in [0.29, 0.717) is 18.5 Å². The predicted molar refractivity (Wildman–Crippen MR) is 102 cm³/mol. The monoisotopic (exact) mass is 384 g/mol. The van der Waals surface area contributed by atoms with Gasteiger partial charge in [0.1, 0.15) is 6.04 Å². The molecule has 2 aliphatic rings. The zero-order valence-corrected chi connectivity index (χ0v) is 16.2. The van der Waals surface area contributed by atoms with Crippen molar-refractivity contribution in [1.29, 1.82) is 0 Å². The van der Waals surface area contributed by atoms with Gasteiger partial charge < -0.3 is 10.1 Å². The highest BCUT2D eigenvalue weighted by Crippen LogP contribution is 2.36. The van der Waals surface area contributed by atoms with Crippen molar-refractivity contribution in [2.24, 2.45) is 11.8 Å². The highest BCUT2D eigenvalue weighted by Gasteiger charge is 2.50. The standard InChI is InChI=1S/C21H24N2O5/c1-12-7-6-10-17(13(12)2)22-18(24)11-28-21(27)14(3)23-19(25)15-8-4-5-9-16(15)20(23)26/h4-7,10,14-16H,8-9,11H2,1-3H3,(H,22,24)/t14-,15-,16-/m0/s1. The van der Waals surface area contributed by atoms with E-state index in [1.165, 1.54) is 6.92 Å². The molecule has 3 rings (SSSR count). The van der Waals surface area contributed by atoms with Crippen molar-refractivity contribution in [3.63, 3.8) is 0 Å². The summed E-state index contributed by atoms with van der Waals surface area (Å²) in [6.45, 7) is 4.79. The maximum absolute atomic E-state index is 12.5. The van der Waals surface area contributed by atoms with Gasteiger partial charge in [-0.25, -0.2) is 4.79 Å². The number of amides is 3. The van der Waals surface area contributed by atoms with Gasteiger partial charge in [0.2, 0.25) is 11.8 Å². The molecule has 1 N–H and O–H groups in total. The Balaban J connectivity index is 1.57. The molecule has 3 atom stereocenters. The van der Waals surface area contributed by atoms with Gasteiger partial charge in [-0.15, -0.1) is 0 Å². The van der Waals surface area contributed by atoms with Crippen LogP contribution in [-0.2, 0) is 23.9 Å². The number of benzene rings is 1. The molecule has 0 unspecified atom stereocenters. The number of likely N-dealkylation sites (tertiary alicyclic amines) is 1. The predicted octanol–water partition coefficient (Wildman–Crippen LogP) is 2.12. The summed E-state index contributed by atoms with van der Waals surface area (Å²) in [5.41, 5.74) is 2.61. The number of anilines is 1. The lowest BCUT2D eigenvalue weighted by molar-refractivity contribution is -0.159. The van der Waals surface area contributed by atoms with Gasteiger partial charge in [-0.2, -0.15) is 0 Å². The quantitative estimate of drug-likeness (QED) is 0.477. The molecule has 7 heteroatoms. The van der Waals surface area contributed by atoms with Crippen LogP contribution in [0.4, 0.5) is 5.69 Å². The summed E-state index contributed by atoms with van der Waals surface area (Å²) in [6, 6.07) is 4.47. The van der Waals surface area contributed by atoms with E-state index in [2.05, 4.69) is 5.32 Å². The molecular weight excluding hydrogens is 360 g/mol. The number of hydrogen-bond donors (Lipinski definition) is 1. The summed E-state index contributed by atoms with van der Waals surface area (Å²) in [4.78, 5) is 50.5. The van der Waals surface area contributed by atoms with Crippen molar-refractivity contribution in [2.75, 3.05) is 11.9 Å². The molecule has 1 fully saturated rings. The molecule has 0 bridgehead atoms. The zero-order valence-electron chi connectivity index (χ0n) is 16.2. The highest BCUT2D eigenvalue weighted by atomic mass is 16.5. The average Bonchev–Trinajstić information content (AvgIpc) is 2.94. The SMILES string of the molecule is Cc1cccc(NC(=O)COC(=O)[C@H](C)N2C(=O)[C@H]3CC=CC[C@@H]3C2=O)c1C. The Morgan fingerprint density at radius 2 is 1.75 bits per heavy atom. The van der Waals surface area contributed by atoms with Gasteiger partial charge >= 0.3 is 5.97 Å². The minimum absolute atomic E-state index is 0.344. The average molecular weight is 384 g/mol. The molecule has 7 nitrogen and oxygen atoms in total. The Hall–Kier alpha value is -2.96. The molecule has 3 amide bonds. The van der Waals surface area contributed by atoms with E-state index in [0.717, 1.165) is 16.0 Å². The Morgan fingerprint density at radius 3 is 2.36 bits per heavy atom. The fourth-order valence-corrected chi connectivity index (χ4v) is 3.64. The first-order chi connectivity index (χ1) is 13.3. The van der Waals surface area contributed by atoms with Crippen LogP contribution in [0, 0.1) is 25.7 Å². The number of rotatable bonds is 5. The summed E-state index contributed by atoms with van der Waals surface area (Å²) in [6.07, 6.45) is 4.78. The second-order valence-corrected chi connectivity index (χ2v) is 7.28. The van der Waals surface area contributed by atoms with Crippen LogP contribution < -0.4 is 5.32 Å². The first-order valence-electron chi connectivity index (χ1n) is 9.36. The number of aryl methyl sites for hydroxylation is 1. The summed E-state index contributed by atoms with van der Waals surface area (Å²) in [5, 5.41) is 2.70. The van der Waals surface area contributed by atoms with Crippen molar-refractivity contribution in [3.05, 3.63) is 41.5 Å². The number of nitrogens with one attached hydrogen (secondary N) is 1. The smallest absolute Gasteiger partial charge is 0.329 e. The van der Waals surface area contributed by atoms with E-state index in [-0.39, 0.29) is 11.8 Å². The zero-order chi connectivity index (χ0) is 20.4. The van der Waals surface area contributed by atoms with Gasteiger partial charge in [0.05, 0.1) is 11.8 Å². The Morgan fingerprint density at radius 1 is 1.14 bits per heavy atom. The van der Waals surface area contributed by atoms with Crippen molar-refractivity contribution >= 4 is 29.4 Å². The number of hydrogen-bond acceptors (Lipinski definition) is 5. The van der Waals surface area contributed by atoms with Crippen LogP contribution >= 0.6 is 0 Å². The summed E-state index contributed by atoms with van der Waals surface area (Å²) in [5.74, 6) is -2.75. The van der Waals surface area contributed by atoms with Gasteiger partial charge in [0.25, 0.3) is 5.91 Å². The van der Waals surface area contributed by atoms with E-state index in [1.54, 1.807) is 6.07 Å². The second kappa shape index (κ2) is 7.96. The van der Waals surface area contributed by atoms with Gasteiger partial charge in [-0.05, 0) is 50.8 Å². The molecule has 1 aliphatic heterocycles. The minimum Gasteiger partial charge on any atom is -0.454 e. The largest absolute Gasteiger partial charge is 0.454 e. The number of ether oxygens (including phenoxy) is 1. The third-order valence-corrected chi connectivity index (χ3v) is 5.49. The van der Waals surface area contributed by atoms with Crippen molar-refractivity contribution in [2.45, 2.75) is 39.7 Å². The van der Waals surface area contributed by atoms with Gasteiger partial charge in [0, 0.05) is 5.69 Å². The van der Waals surface area contributed by atoms with Crippen molar-refractivity contribution in [3.8, 4) is 0 Å². The van der Waals surface area contributed by atoms with Crippen molar-refractivity contribution < 1.29 is 23.9 Å². The van der Waals surface area contributed by atoms with Crippen LogP contribution in [-0.4, -0.2) is 41.2 Å². The van der Waals surface area contributed by atoms with E-state index in [4.69, 9.17) is 4.74 Å². The number of carbonyl (C=O) groups is 4. The Kier molecular flexibility index (Phi) is 5.63. The molecule has 0 aromatic heterocycles. The molecule has 1 heterocycles. The lowest BCUT2D eigenvalue weighted by Crippen LogP contribution is -2.45. The molecule has 0 radical (unpaired) electrons. The van der Waals surface area contributed by atoms with E-state index in [1.807, 2.05) is 38.1 Å². The van der Waals surface area contributed by atoms with Gasteiger partial charge in [-0.1, -0.05) is 24.3 Å². The fraction of sp³-hybridized carbons (Fsp3) is 0.429. The highest BCUT2D eigenvalue weighted by molar-refractivity contribution is 6.08. The lowest BCUT2D eigenvalue weighted by atomic mass is 9.85. The molecule has 1 aliphatic carbocycles. The van der Waals surface area contributed by atoms with Crippen LogP contribution in [0.1, 0.15) is 30.9 Å². The van der Waals surface area contributed by atoms with Crippen molar-refractivity contribution in [1.82, 2.24) is 4.90 Å². The molecule has 0 saturated carbocycles. The number of nitrogens with zero attached hydrogens (tertiary/aromatic N) is 1. The summed E-state index contributed by atoms with van der Waals surface area (Å²) < 4.78 is 5.06. The first kappa shape index (κ1) is 19.8. The number of carbonyl (C=O) groups excluding carboxylic acids is 4. The molecule has 0 spiro atoms. The Labute approximate surface area is 163 Å². The second-order valence-electron chi connectivity index (χ2n) is 7.28. The van der Waals surface area contributed by atoms with Crippen LogP contribution in [0.3, 0.4) is 0 Å². The molecule has 1 aromatic carbocycles. The number of fused-ring (bicyclic) bond motifs is 1. The molecule has 28 heavy (non-hydrogen) atoms. The summed E-state index contributed by atoms with van der Waals surface area (Å²) >= 11 is 0. The molecule has 1 aromatic rings. The maximum atomic E-state index is 12.5. The first-order valence-corrected chi connectivity index (χ1v) is 9.36. The third kappa shape index (κ3) is 3.69. The van der Waals surface area contributed by atoms with Crippen LogP contribution in [0.2, 0.25) is 0 Å². The minimum atomic E-state index is -1.06.